The number of nitrogens with one attached hydrogen (secondary N) is 1. The number of amides is 1. The van der Waals surface area contributed by atoms with Crippen LogP contribution in [0.1, 0.15) is 25.7 Å². The van der Waals surface area contributed by atoms with Crippen LogP contribution in [0.3, 0.4) is 0 Å². The van der Waals surface area contributed by atoms with Gasteiger partial charge < -0.3 is 15.5 Å². The van der Waals surface area contributed by atoms with Crippen molar-refractivity contribution < 1.29 is 19.8 Å². The molecule has 0 aliphatic heterocycles. The molecule has 0 radical (unpaired) electrons. The fraction of sp³-hybridized carbons (Fsp3) is 0.600. The number of carbonyl (C=O) groups is 2. The highest BCUT2D eigenvalue weighted by molar-refractivity contribution is 5.94. The second-order valence-electron chi connectivity index (χ2n) is 3.64. The van der Waals surface area contributed by atoms with Crippen molar-refractivity contribution in [2.75, 3.05) is 0 Å². The van der Waals surface area contributed by atoms with Crippen LogP contribution in [0.4, 0.5) is 0 Å². The van der Waals surface area contributed by atoms with Gasteiger partial charge in [0.15, 0.2) is 0 Å². The maximum absolute atomic E-state index is 11.2. The Morgan fingerprint density at radius 1 is 1.20 bits per heavy atom. The molecule has 1 fully saturated rings. The predicted molar refractivity (Wildman–Crippen MR) is 53.2 cm³/mol. The smallest absolute Gasteiger partial charge is 0.328 e. The van der Waals surface area contributed by atoms with Gasteiger partial charge in [0.2, 0.25) is 5.91 Å². The van der Waals surface area contributed by atoms with E-state index in [-0.39, 0.29) is 6.04 Å². The van der Waals surface area contributed by atoms with Crippen LogP contribution in [0.15, 0.2) is 12.2 Å². The lowest BCUT2D eigenvalue weighted by atomic mass is 9.92. The number of carboxylic acids is 1. The highest BCUT2D eigenvalue weighted by Gasteiger charge is 2.23. The fourth-order valence-electron chi connectivity index (χ4n) is 1.66. The number of carbonyl (C=O) groups excluding carboxylic acids is 1. The van der Waals surface area contributed by atoms with Crippen molar-refractivity contribution in [1.29, 1.82) is 0 Å². The molecule has 0 spiro atoms. The zero-order valence-corrected chi connectivity index (χ0v) is 8.35. The fourth-order valence-corrected chi connectivity index (χ4v) is 1.66. The van der Waals surface area contributed by atoms with Gasteiger partial charge in [-0.1, -0.05) is 12.8 Å². The highest BCUT2D eigenvalue weighted by Crippen LogP contribution is 2.18. The summed E-state index contributed by atoms with van der Waals surface area (Å²) in [5.74, 6) is -1.63. The molecule has 1 aliphatic rings. The molecule has 3 N–H and O–H groups in total. The van der Waals surface area contributed by atoms with E-state index in [1.54, 1.807) is 0 Å². The molecule has 5 nitrogen and oxygen atoms in total. The SMILES string of the molecule is O=C(O)C=CC(=O)NC1CCCCC1O. The Balaban J connectivity index is 2.39. The molecule has 1 amide bonds. The third-order valence-electron chi connectivity index (χ3n) is 2.43. The van der Waals surface area contributed by atoms with E-state index in [4.69, 9.17) is 5.11 Å². The summed E-state index contributed by atoms with van der Waals surface area (Å²) in [5, 5.41) is 20.4. The quantitative estimate of drug-likeness (QED) is 0.578. The van der Waals surface area contributed by atoms with Crippen molar-refractivity contribution in [1.82, 2.24) is 5.32 Å². The van der Waals surface area contributed by atoms with E-state index >= 15 is 0 Å². The zero-order valence-electron chi connectivity index (χ0n) is 8.35. The summed E-state index contributed by atoms with van der Waals surface area (Å²) in [7, 11) is 0. The molecule has 1 aliphatic carbocycles. The van der Waals surface area contributed by atoms with Gasteiger partial charge in [-0.25, -0.2) is 4.79 Å². The molecule has 0 aromatic heterocycles. The largest absolute Gasteiger partial charge is 0.478 e. The lowest BCUT2D eigenvalue weighted by molar-refractivity contribution is -0.131. The molecule has 0 aromatic rings. The first-order valence-electron chi connectivity index (χ1n) is 4.99. The topological polar surface area (TPSA) is 86.6 Å². The second kappa shape index (κ2) is 5.50. The Kier molecular flexibility index (Phi) is 4.30. The zero-order chi connectivity index (χ0) is 11.3. The minimum absolute atomic E-state index is 0.246. The van der Waals surface area contributed by atoms with Crippen molar-refractivity contribution in [3.8, 4) is 0 Å². The van der Waals surface area contributed by atoms with Crippen molar-refractivity contribution in [2.45, 2.75) is 37.8 Å². The summed E-state index contributed by atoms with van der Waals surface area (Å²) in [6.07, 6.45) is 4.61. The van der Waals surface area contributed by atoms with Gasteiger partial charge in [0.25, 0.3) is 0 Å². The van der Waals surface area contributed by atoms with E-state index in [9.17, 15) is 14.7 Å². The third kappa shape index (κ3) is 4.12. The molecular formula is C10H15NO4. The Morgan fingerprint density at radius 2 is 1.87 bits per heavy atom. The van der Waals surface area contributed by atoms with Gasteiger partial charge in [0.05, 0.1) is 12.1 Å². The first-order valence-corrected chi connectivity index (χ1v) is 4.99. The number of rotatable bonds is 3. The summed E-state index contributed by atoms with van der Waals surface area (Å²) >= 11 is 0. The maximum atomic E-state index is 11.2. The summed E-state index contributed by atoms with van der Waals surface area (Å²) in [4.78, 5) is 21.3. The van der Waals surface area contributed by atoms with Gasteiger partial charge >= 0.3 is 5.97 Å². The van der Waals surface area contributed by atoms with Gasteiger partial charge in [-0.3, -0.25) is 4.79 Å². The number of hydrogen-bond donors (Lipinski definition) is 3. The maximum Gasteiger partial charge on any atom is 0.328 e. The molecule has 0 aromatic carbocycles. The molecule has 2 unspecified atom stereocenters. The third-order valence-corrected chi connectivity index (χ3v) is 2.43. The van der Waals surface area contributed by atoms with Gasteiger partial charge in [-0.05, 0) is 12.8 Å². The molecule has 2 atom stereocenters. The monoisotopic (exact) mass is 213 g/mol. The molecule has 0 bridgehead atoms. The van der Waals surface area contributed by atoms with Gasteiger partial charge in [-0.15, -0.1) is 0 Å². The van der Waals surface area contributed by atoms with Gasteiger partial charge in [0.1, 0.15) is 0 Å². The molecule has 0 heterocycles. The first kappa shape index (κ1) is 11.7. The van der Waals surface area contributed by atoms with E-state index < -0.39 is 18.0 Å². The van der Waals surface area contributed by atoms with Crippen LogP contribution in [-0.4, -0.2) is 34.2 Å². The Hall–Kier alpha value is -1.36. The van der Waals surface area contributed by atoms with Crippen LogP contribution < -0.4 is 5.32 Å². The Bertz CT molecular complexity index is 275. The Morgan fingerprint density at radius 3 is 2.47 bits per heavy atom. The molecule has 1 saturated carbocycles. The first-order chi connectivity index (χ1) is 7.09. The van der Waals surface area contributed by atoms with E-state index in [1.807, 2.05) is 0 Å². The lowest BCUT2D eigenvalue weighted by Gasteiger charge is -2.27. The van der Waals surface area contributed by atoms with Crippen LogP contribution in [0.2, 0.25) is 0 Å². The van der Waals surface area contributed by atoms with Crippen LogP contribution in [0.5, 0.6) is 0 Å². The Labute approximate surface area is 87.8 Å². The van der Waals surface area contributed by atoms with Crippen molar-refractivity contribution in [3.63, 3.8) is 0 Å². The van der Waals surface area contributed by atoms with E-state index in [2.05, 4.69) is 5.32 Å². The van der Waals surface area contributed by atoms with Crippen molar-refractivity contribution in [3.05, 3.63) is 12.2 Å². The van der Waals surface area contributed by atoms with E-state index in [1.165, 1.54) is 0 Å². The van der Waals surface area contributed by atoms with Crippen LogP contribution in [-0.2, 0) is 9.59 Å². The standard InChI is InChI=1S/C10H15NO4/c12-8-4-2-1-3-7(8)11-9(13)5-6-10(14)15/h5-8,12H,1-4H2,(H,11,13)(H,14,15). The minimum Gasteiger partial charge on any atom is -0.478 e. The van der Waals surface area contributed by atoms with Gasteiger partial charge in [0, 0.05) is 12.2 Å². The normalized spacial score (nSPS) is 26.5. The summed E-state index contributed by atoms with van der Waals surface area (Å²) in [6, 6.07) is -0.246. The molecule has 1 rings (SSSR count). The second-order valence-corrected chi connectivity index (χ2v) is 3.64. The lowest BCUT2D eigenvalue weighted by Crippen LogP contribution is -2.44. The van der Waals surface area contributed by atoms with Crippen molar-refractivity contribution >= 4 is 11.9 Å². The molecule has 5 heteroatoms. The number of aliphatic carboxylic acids is 1. The summed E-state index contributed by atoms with van der Waals surface area (Å²) < 4.78 is 0. The molecule has 84 valence electrons. The number of aliphatic hydroxyl groups is 1. The van der Waals surface area contributed by atoms with Crippen molar-refractivity contribution in [2.24, 2.45) is 0 Å². The van der Waals surface area contributed by atoms with E-state index in [0.717, 1.165) is 31.4 Å². The predicted octanol–water partition coefficient (Wildman–Crippen LogP) is 0.0469. The van der Waals surface area contributed by atoms with Crippen LogP contribution in [0, 0.1) is 0 Å². The average molecular weight is 213 g/mol. The number of aliphatic hydroxyl groups excluding tert-OH is 1. The van der Waals surface area contributed by atoms with E-state index in [0.29, 0.717) is 6.42 Å². The van der Waals surface area contributed by atoms with Crippen LogP contribution >= 0.6 is 0 Å². The summed E-state index contributed by atoms with van der Waals surface area (Å²) in [5.41, 5.74) is 0. The highest BCUT2D eigenvalue weighted by atomic mass is 16.4. The molecular weight excluding hydrogens is 198 g/mol. The minimum atomic E-state index is -1.16. The number of carboxylic acid groups (broad SMARTS) is 1. The average Bonchev–Trinajstić information content (AvgIpc) is 2.18. The summed E-state index contributed by atoms with van der Waals surface area (Å²) in [6.45, 7) is 0. The molecule has 15 heavy (non-hydrogen) atoms. The van der Waals surface area contributed by atoms with Crippen LogP contribution in [0.25, 0.3) is 0 Å². The number of hydrogen-bond acceptors (Lipinski definition) is 3. The van der Waals surface area contributed by atoms with Gasteiger partial charge in [-0.2, -0.15) is 0 Å². The molecule has 0 saturated heterocycles.